The third kappa shape index (κ3) is 4.09. The predicted molar refractivity (Wildman–Crippen MR) is 92.4 cm³/mol. The van der Waals surface area contributed by atoms with Crippen molar-refractivity contribution in [1.82, 2.24) is 15.1 Å². The Labute approximate surface area is 144 Å². The Bertz CT molecular complexity index is 410. The molecule has 3 heterocycles. The summed E-state index contributed by atoms with van der Waals surface area (Å²) >= 11 is 11.3. The van der Waals surface area contributed by atoms with Gasteiger partial charge in [-0.3, -0.25) is 9.80 Å². The van der Waals surface area contributed by atoms with E-state index >= 15 is 0 Å². The number of halogens is 3. The quantitative estimate of drug-likeness (QED) is 0.840. The van der Waals surface area contributed by atoms with Crippen LogP contribution in [0, 0.1) is 0 Å². The Morgan fingerprint density at radius 1 is 1.35 bits per heavy atom. The minimum Gasteiger partial charge on any atom is -0.315 e. The molecule has 0 saturated carbocycles. The number of rotatable bonds is 3. The molecule has 7 heteroatoms. The van der Waals surface area contributed by atoms with E-state index in [0.29, 0.717) is 0 Å². The SMILES string of the molecule is Cl.Clc1sc(CN2CCN(C3CCNC3)CC2)cc1Br. The summed E-state index contributed by atoms with van der Waals surface area (Å²) in [5, 5.41) is 3.46. The van der Waals surface area contributed by atoms with Crippen LogP contribution >= 0.6 is 51.3 Å². The van der Waals surface area contributed by atoms with Crippen LogP contribution in [0.25, 0.3) is 0 Å². The van der Waals surface area contributed by atoms with Crippen LogP contribution in [0.15, 0.2) is 10.5 Å². The van der Waals surface area contributed by atoms with Gasteiger partial charge in [0.05, 0.1) is 0 Å². The Balaban J connectivity index is 0.00000147. The molecule has 2 fully saturated rings. The van der Waals surface area contributed by atoms with Crippen LogP contribution in [0.3, 0.4) is 0 Å². The molecule has 2 aliphatic heterocycles. The molecular weight excluding hydrogens is 381 g/mol. The molecule has 0 bridgehead atoms. The van der Waals surface area contributed by atoms with Gasteiger partial charge in [0.2, 0.25) is 0 Å². The lowest BCUT2D eigenvalue weighted by Gasteiger charge is -2.37. The first kappa shape index (κ1) is 17.0. The zero-order valence-corrected chi connectivity index (χ0v) is 15.3. The van der Waals surface area contributed by atoms with Gasteiger partial charge in [0.1, 0.15) is 4.34 Å². The third-order valence-corrected chi connectivity index (χ3v) is 6.49. The van der Waals surface area contributed by atoms with Gasteiger partial charge >= 0.3 is 0 Å². The van der Waals surface area contributed by atoms with Crippen LogP contribution < -0.4 is 5.32 Å². The normalized spacial score (nSPS) is 24.8. The van der Waals surface area contributed by atoms with Gasteiger partial charge in [-0.1, -0.05) is 11.6 Å². The second-order valence-corrected chi connectivity index (χ2v) is 7.89. The molecule has 114 valence electrons. The summed E-state index contributed by atoms with van der Waals surface area (Å²) in [4.78, 5) is 6.54. The smallest absolute Gasteiger partial charge is 0.107 e. The molecule has 1 N–H and O–H groups in total. The van der Waals surface area contributed by atoms with Crippen molar-refractivity contribution in [2.45, 2.75) is 19.0 Å². The summed E-state index contributed by atoms with van der Waals surface area (Å²) in [5.41, 5.74) is 0. The summed E-state index contributed by atoms with van der Waals surface area (Å²) in [6, 6.07) is 2.92. The molecule has 20 heavy (non-hydrogen) atoms. The highest BCUT2D eigenvalue weighted by molar-refractivity contribution is 9.10. The van der Waals surface area contributed by atoms with Crippen LogP contribution in [0.1, 0.15) is 11.3 Å². The van der Waals surface area contributed by atoms with E-state index in [2.05, 4.69) is 37.1 Å². The van der Waals surface area contributed by atoms with Gasteiger partial charge < -0.3 is 5.32 Å². The minimum absolute atomic E-state index is 0. The fraction of sp³-hybridized carbons (Fsp3) is 0.692. The first-order valence-corrected chi connectivity index (χ1v) is 8.82. The first-order chi connectivity index (χ1) is 9.22. The molecule has 2 saturated heterocycles. The molecule has 1 atom stereocenters. The van der Waals surface area contributed by atoms with E-state index in [1.54, 1.807) is 11.3 Å². The van der Waals surface area contributed by atoms with Gasteiger partial charge in [-0.15, -0.1) is 23.7 Å². The summed E-state index contributed by atoms with van der Waals surface area (Å²) in [6.45, 7) is 8.14. The van der Waals surface area contributed by atoms with E-state index < -0.39 is 0 Å². The van der Waals surface area contributed by atoms with Crippen molar-refractivity contribution in [3.8, 4) is 0 Å². The van der Waals surface area contributed by atoms with Crippen LogP contribution in [0.5, 0.6) is 0 Å². The standard InChI is InChI=1S/C13H19BrClN3S.ClH/c14-12-7-11(19-13(12)15)9-17-3-5-18(6-4-17)10-1-2-16-8-10;/h7,10,16H,1-6,8-9H2;1H. The highest BCUT2D eigenvalue weighted by Gasteiger charge is 2.26. The van der Waals surface area contributed by atoms with Gasteiger partial charge in [0.15, 0.2) is 0 Å². The number of thiophene rings is 1. The molecule has 3 nitrogen and oxygen atoms in total. The van der Waals surface area contributed by atoms with E-state index in [1.807, 2.05) is 0 Å². The van der Waals surface area contributed by atoms with E-state index in [9.17, 15) is 0 Å². The Morgan fingerprint density at radius 2 is 2.10 bits per heavy atom. The maximum Gasteiger partial charge on any atom is 0.107 e. The van der Waals surface area contributed by atoms with Crippen LogP contribution in [-0.4, -0.2) is 55.1 Å². The van der Waals surface area contributed by atoms with E-state index in [-0.39, 0.29) is 12.4 Å². The fourth-order valence-corrected chi connectivity index (χ4v) is 4.76. The molecule has 1 unspecified atom stereocenters. The van der Waals surface area contributed by atoms with E-state index in [1.165, 1.54) is 50.6 Å². The molecule has 2 aliphatic rings. The predicted octanol–water partition coefficient (Wildman–Crippen LogP) is 3.07. The van der Waals surface area contributed by atoms with Crippen molar-refractivity contribution in [2.24, 2.45) is 0 Å². The number of nitrogens with zero attached hydrogens (tertiary/aromatic N) is 2. The summed E-state index contributed by atoms with van der Waals surface area (Å²) < 4.78 is 1.90. The van der Waals surface area contributed by atoms with Gasteiger partial charge in [-0.05, 0) is 35.0 Å². The van der Waals surface area contributed by atoms with Gasteiger partial charge in [0, 0.05) is 54.7 Å². The third-order valence-electron chi connectivity index (χ3n) is 4.03. The average Bonchev–Trinajstić information content (AvgIpc) is 3.02. The van der Waals surface area contributed by atoms with Crippen molar-refractivity contribution in [1.29, 1.82) is 0 Å². The van der Waals surface area contributed by atoms with E-state index in [4.69, 9.17) is 11.6 Å². The van der Waals surface area contributed by atoms with Crippen molar-refractivity contribution in [3.63, 3.8) is 0 Å². The van der Waals surface area contributed by atoms with Crippen LogP contribution in [-0.2, 0) is 6.54 Å². The second kappa shape index (κ2) is 7.77. The largest absolute Gasteiger partial charge is 0.315 e. The molecule has 1 aromatic rings. The minimum atomic E-state index is 0. The first-order valence-electron chi connectivity index (χ1n) is 6.83. The van der Waals surface area contributed by atoms with Crippen molar-refractivity contribution < 1.29 is 0 Å². The Hall–Kier alpha value is 0.640. The number of hydrogen-bond donors (Lipinski definition) is 1. The monoisotopic (exact) mass is 399 g/mol. The maximum absolute atomic E-state index is 6.09. The van der Waals surface area contributed by atoms with Crippen molar-refractivity contribution in [2.75, 3.05) is 39.3 Å². The molecule has 0 radical (unpaired) electrons. The lowest BCUT2D eigenvalue weighted by atomic mass is 10.2. The van der Waals surface area contributed by atoms with Gasteiger partial charge in [0.25, 0.3) is 0 Å². The van der Waals surface area contributed by atoms with Gasteiger partial charge in [-0.25, -0.2) is 0 Å². The van der Waals surface area contributed by atoms with Crippen molar-refractivity contribution >= 4 is 51.3 Å². The second-order valence-electron chi connectivity index (χ2n) is 5.29. The van der Waals surface area contributed by atoms with E-state index in [0.717, 1.165) is 21.4 Å². The summed E-state index contributed by atoms with van der Waals surface area (Å²) in [6.07, 6.45) is 1.31. The zero-order chi connectivity index (χ0) is 13.2. The summed E-state index contributed by atoms with van der Waals surface area (Å²) in [7, 11) is 0. The number of nitrogens with one attached hydrogen (secondary N) is 1. The van der Waals surface area contributed by atoms with Crippen molar-refractivity contribution in [3.05, 3.63) is 19.8 Å². The summed E-state index contributed by atoms with van der Waals surface area (Å²) in [5.74, 6) is 0. The lowest BCUT2D eigenvalue weighted by Crippen LogP contribution is -2.50. The fourth-order valence-electron chi connectivity index (χ4n) is 2.93. The van der Waals surface area contributed by atoms with Crippen LogP contribution in [0.4, 0.5) is 0 Å². The lowest BCUT2D eigenvalue weighted by molar-refractivity contribution is 0.0987. The van der Waals surface area contributed by atoms with Crippen LogP contribution in [0.2, 0.25) is 4.34 Å². The molecule has 0 spiro atoms. The average molecular weight is 401 g/mol. The molecule has 0 aliphatic carbocycles. The molecule has 0 amide bonds. The zero-order valence-electron chi connectivity index (χ0n) is 11.3. The molecule has 3 rings (SSSR count). The molecular formula is C13H20BrCl2N3S. The molecule has 1 aromatic heterocycles. The number of hydrogen-bond acceptors (Lipinski definition) is 4. The highest BCUT2D eigenvalue weighted by Crippen LogP contribution is 2.32. The highest BCUT2D eigenvalue weighted by atomic mass is 79.9. The topological polar surface area (TPSA) is 18.5 Å². The maximum atomic E-state index is 6.09. The Morgan fingerprint density at radius 3 is 2.65 bits per heavy atom. The number of piperazine rings is 1. The van der Waals surface area contributed by atoms with Gasteiger partial charge in [-0.2, -0.15) is 0 Å². The Kier molecular flexibility index (Phi) is 6.60. The molecule has 0 aromatic carbocycles.